The zero-order chi connectivity index (χ0) is 12.1. The molecule has 0 amide bonds. The van der Waals surface area contributed by atoms with E-state index in [-0.39, 0.29) is 24.8 Å². The molecule has 3 N–H and O–H groups in total. The lowest BCUT2D eigenvalue weighted by atomic mass is 10.2. The van der Waals surface area contributed by atoms with Gasteiger partial charge in [0.25, 0.3) is 0 Å². The summed E-state index contributed by atoms with van der Waals surface area (Å²) < 4.78 is 26.2. The highest BCUT2D eigenvalue weighted by atomic mass is 19.1. The number of aliphatic hydroxyl groups is 1. The van der Waals surface area contributed by atoms with Crippen LogP contribution in [0.25, 0.3) is 0 Å². The van der Waals surface area contributed by atoms with Crippen LogP contribution in [0.15, 0.2) is 18.2 Å². The summed E-state index contributed by atoms with van der Waals surface area (Å²) in [5, 5.41) is 8.76. The second-order valence-corrected chi connectivity index (χ2v) is 3.88. The molecule has 0 aliphatic rings. The van der Waals surface area contributed by atoms with E-state index in [1.165, 1.54) is 0 Å². The summed E-state index contributed by atoms with van der Waals surface area (Å²) >= 11 is 0. The molecule has 0 aliphatic heterocycles. The van der Waals surface area contributed by atoms with E-state index < -0.39 is 11.6 Å². The van der Waals surface area contributed by atoms with Gasteiger partial charge in [0, 0.05) is 24.7 Å². The average Bonchev–Trinajstić information content (AvgIpc) is 2.23. The first kappa shape index (κ1) is 13.0. The fraction of sp³-hybridized carbons (Fsp3) is 0.455. The van der Waals surface area contributed by atoms with Gasteiger partial charge in [0.2, 0.25) is 0 Å². The molecule has 1 unspecified atom stereocenters. The molecule has 0 bridgehead atoms. The highest BCUT2D eigenvalue weighted by molar-refractivity contribution is 5.18. The van der Waals surface area contributed by atoms with Crippen molar-refractivity contribution in [3.63, 3.8) is 0 Å². The first-order valence-electron chi connectivity index (χ1n) is 5.02. The molecular weight excluding hydrogens is 214 g/mol. The molecule has 1 atom stereocenters. The second-order valence-electron chi connectivity index (χ2n) is 3.88. The Morgan fingerprint density at radius 2 is 2.12 bits per heavy atom. The summed E-state index contributed by atoms with van der Waals surface area (Å²) in [7, 11) is 1.74. The molecule has 0 fully saturated rings. The number of nitrogens with two attached hydrogens (primary N) is 1. The van der Waals surface area contributed by atoms with Crippen LogP contribution in [-0.4, -0.2) is 36.2 Å². The lowest BCUT2D eigenvalue weighted by molar-refractivity contribution is 0.217. The van der Waals surface area contributed by atoms with Crippen LogP contribution >= 0.6 is 0 Å². The van der Waals surface area contributed by atoms with Gasteiger partial charge in [-0.05, 0) is 25.2 Å². The van der Waals surface area contributed by atoms with Crippen molar-refractivity contribution in [1.29, 1.82) is 0 Å². The Labute approximate surface area is 93.5 Å². The van der Waals surface area contributed by atoms with Crippen LogP contribution in [0.4, 0.5) is 8.78 Å². The Morgan fingerprint density at radius 3 is 2.75 bits per heavy atom. The number of hydrogen-bond acceptors (Lipinski definition) is 3. The van der Waals surface area contributed by atoms with Crippen LogP contribution in [0.1, 0.15) is 5.56 Å². The van der Waals surface area contributed by atoms with E-state index in [0.717, 1.165) is 18.2 Å². The van der Waals surface area contributed by atoms with Crippen molar-refractivity contribution in [2.24, 2.45) is 5.73 Å². The first-order chi connectivity index (χ1) is 7.52. The molecule has 0 saturated carbocycles. The number of rotatable bonds is 5. The van der Waals surface area contributed by atoms with Gasteiger partial charge >= 0.3 is 0 Å². The molecule has 0 heterocycles. The molecule has 90 valence electrons. The minimum atomic E-state index is -0.462. The molecule has 1 rings (SSSR count). The number of aliphatic hydroxyl groups excluding tert-OH is 1. The van der Waals surface area contributed by atoms with E-state index in [2.05, 4.69) is 0 Å². The van der Waals surface area contributed by atoms with Gasteiger partial charge < -0.3 is 15.7 Å². The summed E-state index contributed by atoms with van der Waals surface area (Å²) in [6.07, 6.45) is 0. The summed E-state index contributed by atoms with van der Waals surface area (Å²) in [4.78, 5) is 1.73. The number of likely N-dealkylation sites (N-methyl/N-ethyl adjacent to an activating group) is 1. The van der Waals surface area contributed by atoms with Gasteiger partial charge in [-0.15, -0.1) is 0 Å². The lowest BCUT2D eigenvalue weighted by Crippen LogP contribution is -2.37. The van der Waals surface area contributed by atoms with Crippen molar-refractivity contribution in [2.45, 2.75) is 12.6 Å². The monoisotopic (exact) mass is 230 g/mol. The lowest BCUT2D eigenvalue weighted by Gasteiger charge is -2.20. The van der Waals surface area contributed by atoms with Crippen LogP contribution in [0.2, 0.25) is 0 Å². The highest BCUT2D eigenvalue weighted by Crippen LogP contribution is 2.11. The molecular formula is C11H16F2N2O. The smallest absolute Gasteiger partial charge is 0.127 e. The fourth-order valence-corrected chi connectivity index (χ4v) is 1.48. The largest absolute Gasteiger partial charge is 0.395 e. The molecule has 3 nitrogen and oxygen atoms in total. The number of hydrogen-bond donors (Lipinski definition) is 2. The van der Waals surface area contributed by atoms with Gasteiger partial charge in [0.15, 0.2) is 0 Å². The summed E-state index contributed by atoms with van der Waals surface area (Å²) in [5.41, 5.74) is 5.82. The predicted octanol–water partition coefficient (Wildman–Crippen LogP) is 0.716. The van der Waals surface area contributed by atoms with Crippen molar-refractivity contribution in [1.82, 2.24) is 4.90 Å². The predicted molar refractivity (Wildman–Crippen MR) is 57.8 cm³/mol. The third kappa shape index (κ3) is 3.84. The van der Waals surface area contributed by atoms with Gasteiger partial charge in [-0.1, -0.05) is 0 Å². The maximum Gasteiger partial charge on any atom is 0.127 e. The van der Waals surface area contributed by atoms with Crippen molar-refractivity contribution in [3.05, 3.63) is 35.4 Å². The average molecular weight is 230 g/mol. The molecule has 0 saturated heterocycles. The molecule has 0 radical (unpaired) electrons. The zero-order valence-corrected chi connectivity index (χ0v) is 9.16. The van der Waals surface area contributed by atoms with Crippen molar-refractivity contribution < 1.29 is 13.9 Å². The SMILES string of the molecule is CN(Cc1cc(F)ccc1F)CC(N)CO. The van der Waals surface area contributed by atoms with Crippen LogP contribution in [-0.2, 0) is 6.54 Å². The van der Waals surface area contributed by atoms with E-state index in [0.29, 0.717) is 6.54 Å². The highest BCUT2D eigenvalue weighted by Gasteiger charge is 2.09. The molecule has 1 aromatic carbocycles. The van der Waals surface area contributed by atoms with Crippen molar-refractivity contribution >= 4 is 0 Å². The summed E-state index contributed by atoms with van der Waals surface area (Å²) in [6, 6.07) is 2.97. The Kier molecular flexibility index (Phi) is 4.79. The molecule has 5 heteroatoms. The quantitative estimate of drug-likeness (QED) is 0.783. The maximum atomic E-state index is 13.3. The summed E-state index contributed by atoms with van der Waals surface area (Å²) in [6.45, 7) is 0.555. The third-order valence-electron chi connectivity index (χ3n) is 2.23. The van der Waals surface area contributed by atoms with Crippen molar-refractivity contribution in [2.75, 3.05) is 20.2 Å². The van der Waals surface area contributed by atoms with Crippen LogP contribution < -0.4 is 5.73 Å². The van der Waals surface area contributed by atoms with Crippen LogP contribution in [0.3, 0.4) is 0 Å². The van der Waals surface area contributed by atoms with E-state index >= 15 is 0 Å². The van der Waals surface area contributed by atoms with E-state index in [9.17, 15) is 8.78 Å². The van der Waals surface area contributed by atoms with Gasteiger partial charge in [-0.25, -0.2) is 8.78 Å². The Bertz CT molecular complexity index is 347. The standard InChI is InChI=1S/C11H16F2N2O/c1-15(6-10(14)7-16)5-8-4-9(12)2-3-11(8)13/h2-4,10,16H,5-7,14H2,1H3. The van der Waals surface area contributed by atoms with E-state index in [4.69, 9.17) is 10.8 Å². The number of benzene rings is 1. The Morgan fingerprint density at radius 1 is 1.44 bits per heavy atom. The molecule has 0 aliphatic carbocycles. The van der Waals surface area contributed by atoms with E-state index in [1.807, 2.05) is 0 Å². The number of nitrogens with zero attached hydrogens (tertiary/aromatic N) is 1. The van der Waals surface area contributed by atoms with Gasteiger partial charge in [-0.2, -0.15) is 0 Å². The van der Waals surface area contributed by atoms with Crippen LogP contribution in [0, 0.1) is 11.6 Å². The van der Waals surface area contributed by atoms with Crippen LogP contribution in [0.5, 0.6) is 0 Å². The minimum Gasteiger partial charge on any atom is -0.395 e. The molecule has 1 aromatic rings. The second kappa shape index (κ2) is 5.89. The topological polar surface area (TPSA) is 49.5 Å². The van der Waals surface area contributed by atoms with Gasteiger partial charge in [-0.3, -0.25) is 0 Å². The molecule has 16 heavy (non-hydrogen) atoms. The maximum absolute atomic E-state index is 13.3. The number of halogens is 2. The normalized spacial score (nSPS) is 13.1. The first-order valence-corrected chi connectivity index (χ1v) is 5.02. The molecule has 0 aromatic heterocycles. The van der Waals surface area contributed by atoms with Gasteiger partial charge in [0.1, 0.15) is 11.6 Å². The molecule has 0 spiro atoms. The third-order valence-corrected chi connectivity index (χ3v) is 2.23. The Balaban J connectivity index is 2.61. The zero-order valence-electron chi connectivity index (χ0n) is 9.16. The van der Waals surface area contributed by atoms with Gasteiger partial charge in [0.05, 0.1) is 6.61 Å². The van der Waals surface area contributed by atoms with E-state index in [1.54, 1.807) is 11.9 Å². The summed E-state index contributed by atoms with van der Waals surface area (Å²) in [5.74, 6) is -0.901. The van der Waals surface area contributed by atoms with Crippen molar-refractivity contribution in [3.8, 4) is 0 Å². The Hall–Kier alpha value is -1.04. The fourth-order valence-electron chi connectivity index (χ4n) is 1.48. The minimum absolute atomic E-state index is 0.129.